The van der Waals surface area contributed by atoms with Crippen LogP contribution in [-0.4, -0.2) is 65.3 Å². The number of anilines is 1. The molecule has 1 N–H and O–H groups in total. The van der Waals surface area contributed by atoms with Crippen LogP contribution in [0.15, 0.2) is 24.3 Å². The molecule has 1 unspecified atom stereocenters. The molecular formula is C25H35N3O5. The molecule has 33 heavy (non-hydrogen) atoms. The summed E-state index contributed by atoms with van der Waals surface area (Å²) in [6.45, 7) is 9.74. The summed E-state index contributed by atoms with van der Waals surface area (Å²) in [6.07, 6.45) is 2.20. The number of piperidine rings is 1. The SMILES string of the molecule is CCCOC(=O)c1ccc(NC(=O)C2CCN(C(=O)C3CC(=O)N(C(C)(C)C)C3)CC2)cc1. The van der Waals surface area contributed by atoms with Crippen molar-refractivity contribution in [3.8, 4) is 0 Å². The Morgan fingerprint density at radius 2 is 1.70 bits per heavy atom. The zero-order valence-electron chi connectivity index (χ0n) is 20.1. The van der Waals surface area contributed by atoms with Crippen molar-refractivity contribution in [2.24, 2.45) is 11.8 Å². The lowest BCUT2D eigenvalue weighted by molar-refractivity contribution is -0.138. The number of rotatable bonds is 6. The zero-order valence-corrected chi connectivity index (χ0v) is 20.1. The van der Waals surface area contributed by atoms with E-state index < -0.39 is 0 Å². The second-order valence-electron chi connectivity index (χ2n) is 9.88. The Kier molecular flexibility index (Phi) is 7.76. The molecule has 3 rings (SSSR count). The molecule has 1 aromatic carbocycles. The lowest BCUT2D eigenvalue weighted by atomic mass is 9.94. The molecule has 2 saturated heterocycles. The van der Waals surface area contributed by atoms with E-state index >= 15 is 0 Å². The first-order chi connectivity index (χ1) is 15.6. The predicted molar refractivity (Wildman–Crippen MR) is 125 cm³/mol. The second kappa shape index (κ2) is 10.4. The number of ether oxygens (including phenoxy) is 1. The summed E-state index contributed by atoms with van der Waals surface area (Å²) in [7, 11) is 0. The quantitative estimate of drug-likeness (QED) is 0.663. The molecule has 0 spiro atoms. The number of likely N-dealkylation sites (tertiary alicyclic amines) is 2. The fourth-order valence-corrected chi connectivity index (χ4v) is 4.35. The van der Waals surface area contributed by atoms with Gasteiger partial charge in [-0.1, -0.05) is 6.92 Å². The Morgan fingerprint density at radius 1 is 1.06 bits per heavy atom. The molecular weight excluding hydrogens is 422 g/mol. The van der Waals surface area contributed by atoms with Crippen LogP contribution < -0.4 is 5.32 Å². The standard InChI is InChI=1S/C25H35N3O5/c1-5-14-33-24(32)18-6-8-20(9-7-18)26-22(30)17-10-12-27(13-11-17)23(31)19-15-21(29)28(16-19)25(2,3)4/h6-9,17,19H,5,10-16H2,1-4H3,(H,26,30). The van der Waals surface area contributed by atoms with Gasteiger partial charge in [0.05, 0.1) is 18.1 Å². The zero-order chi connectivity index (χ0) is 24.2. The smallest absolute Gasteiger partial charge is 0.338 e. The lowest BCUT2D eigenvalue weighted by Gasteiger charge is -2.34. The monoisotopic (exact) mass is 457 g/mol. The van der Waals surface area contributed by atoms with Gasteiger partial charge in [-0.25, -0.2) is 4.79 Å². The van der Waals surface area contributed by atoms with Crippen LogP contribution in [0.1, 0.15) is 63.7 Å². The molecule has 180 valence electrons. The summed E-state index contributed by atoms with van der Waals surface area (Å²) >= 11 is 0. The number of carbonyl (C=O) groups excluding carboxylic acids is 4. The molecule has 2 fully saturated rings. The van der Waals surface area contributed by atoms with Gasteiger partial charge in [0.15, 0.2) is 0 Å². The van der Waals surface area contributed by atoms with Gasteiger partial charge in [-0.2, -0.15) is 0 Å². The molecule has 0 aromatic heterocycles. The minimum absolute atomic E-state index is 0.0134. The first-order valence-electron chi connectivity index (χ1n) is 11.8. The summed E-state index contributed by atoms with van der Waals surface area (Å²) in [4.78, 5) is 53.4. The highest BCUT2D eigenvalue weighted by molar-refractivity contribution is 5.94. The number of benzene rings is 1. The third-order valence-corrected chi connectivity index (χ3v) is 6.29. The van der Waals surface area contributed by atoms with Crippen molar-refractivity contribution in [1.82, 2.24) is 9.80 Å². The molecule has 0 bridgehead atoms. The van der Waals surface area contributed by atoms with E-state index in [-0.39, 0.29) is 47.5 Å². The lowest BCUT2D eigenvalue weighted by Crippen LogP contribution is -2.46. The van der Waals surface area contributed by atoms with Crippen molar-refractivity contribution in [3.05, 3.63) is 29.8 Å². The van der Waals surface area contributed by atoms with Crippen molar-refractivity contribution < 1.29 is 23.9 Å². The molecule has 0 saturated carbocycles. The number of nitrogens with one attached hydrogen (secondary N) is 1. The predicted octanol–water partition coefficient (Wildman–Crippen LogP) is 3.08. The van der Waals surface area contributed by atoms with Crippen LogP contribution in [0.3, 0.4) is 0 Å². The number of hydrogen-bond acceptors (Lipinski definition) is 5. The summed E-state index contributed by atoms with van der Waals surface area (Å²) in [5, 5.41) is 2.90. The van der Waals surface area contributed by atoms with E-state index in [1.54, 1.807) is 34.1 Å². The first-order valence-corrected chi connectivity index (χ1v) is 11.8. The number of nitrogens with zero attached hydrogens (tertiary/aromatic N) is 2. The summed E-state index contributed by atoms with van der Waals surface area (Å²) in [5.74, 6) is -0.900. The number of esters is 1. The summed E-state index contributed by atoms with van der Waals surface area (Å²) in [6, 6.07) is 6.66. The number of amides is 3. The average Bonchev–Trinajstić information content (AvgIpc) is 3.19. The number of hydrogen-bond donors (Lipinski definition) is 1. The van der Waals surface area contributed by atoms with Crippen molar-refractivity contribution in [3.63, 3.8) is 0 Å². The summed E-state index contributed by atoms with van der Waals surface area (Å²) in [5.41, 5.74) is 0.784. The van der Waals surface area contributed by atoms with Gasteiger partial charge >= 0.3 is 5.97 Å². The Labute approximate surface area is 195 Å². The Hall–Kier alpha value is -2.90. The Bertz CT molecular complexity index is 882. The van der Waals surface area contributed by atoms with Crippen LogP contribution in [0.4, 0.5) is 5.69 Å². The van der Waals surface area contributed by atoms with Gasteiger partial charge in [0.2, 0.25) is 17.7 Å². The molecule has 2 heterocycles. The van der Waals surface area contributed by atoms with E-state index in [1.807, 2.05) is 27.7 Å². The van der Waals surface area contributed by atoms with Gasteiger partial charge in [-0.15, -0.1) is 0 Å². The molecule has 8 nitrogen and oxygen atoms in total. The van der Waals surface area contributed by atoms with Gasteiger partial charge in [0.25, 0.3) is 0 Å². The van der Waals surface area contributed by atoms with Crippen LogP contribution >= 0.6 is 0 Å². The van der Waals surface area contributed by atoms with Gasteiger partial charge in [0.1, 0.15) is 0 Å². The van der Waals surface area contributed by atoms with E-state index in [1.165, 1.54) is 0 Å². The molecule has 2 aliphatic heterocycles. The minimum Gasteiger partial charge on any atom is -0.462 e. The summed E-state index contributed by atoms with van der Waals surface area (Å²) < 4.78 is 5.11. The van der Waals surface area contributed by atoms with E-state index in [9.17, 15) is 19.2 Å². The molecule has 1 atom stereocenters. The van der Waals surface area contributed by atoms with E-state index in [0.29, 0.717) is 50.3 Å². The van der Waals surface area contributed by atoms with Gasteiger partial charge < -0.3 is 19.9 Å². The first kappa shape index (κ1) is 24.7. The van der Waals surface area contributed by atoms with Crippen LogP contribution in [0.25, 0.3) is 0 Å². The fourth-order valence-electron chi connectivity index (χ4n) is 4.35. The van der Waals surface area contributed by atoms with Crippen molar-refractivity contribution in [2.45, 2.75) is 58.9 Å². The van der Waals surface area contributed by atoms with Gasteiger partial charge in [-0.05, 0) is 64.3 Å². The molecule has 0 aliphatic carbocycles. The highest BCUT2D eigenvalue weighted by Crippen LogP contribution is 2.29. The maximum absolute atomic E-state index is 12.9. The maximum atomic E-state index is 12.9. The second-order valence-corrected chi connectivity index (χ2v) is 9.88. The van der Waals surface area contributed by atoms with Crippen LogP contribution in [0, 0.1) is 11.8 Å². The van der Waals surface area contributed by atoms with E-state index in [2.05, 4.69) is 5.32 Å². The van der Waals surface area contributed by atoms with E-state index in [0.717, 1.165) is 6.42 Å². The Balaban J connectivity index is 1.48. The molecule has 8 heteroatoms. The largest absolute Gasteiger partial charge is 0.462 e. The molecule has 2 aliphatic rings. The van der Waals surface area contributed by atoms with Crippen LogP contribution in [0.5, 0.6) is 0 Å². The van der Waals surface area contributed by atoms with Gasteiger partial charge in [-0.3, -0.25) is 14.4 Å². The van der Waals surface area contributed by atoms with Crippen LogP contribution in [-0.2, 0) is 19.1 Å². The Morgan fingerprint density at radius 3 is 2.24 bits per heavy atom. The highest BCUT2D eigenvalue weighted by atomic mass is 16.5. The molecule has 3 amide bonds. The van der Waals surface area contributed by atoms with Crippen LogP contribution in [0.2, 0.25) is 0 Å². The van der Waals surface area contributed by atoms with Gasteiger partial charge in [0, 0.05) is 43.2 Å². The molecule has 0 radical (unpaired) electrons. The van der Waals surface area contributed by atoms with Crippen molar-refractivity contribution in [1.29, 1.82) is 0 Å². The number of carbonyl (C=O) groups is 4. The third-order valence-electron chi connectivity index (χ3n) is 6.29. The molecule has 1 aromatic rings. The van der Waals surface area contributed by atoms with Crippen molar-refractivity contribution >= 4 is 29.4 Å². The fraction of sp³-hybridized carbons (Fsp3) is 0.600. The average molecular weight is 458 g/mol. The van der Waals surface area contributed by atoms with E-state index in [4.69, 9.17) is 4.74 Å². The topological polar surface area (TPSA) is 96.0 Å². The van der Waals surface area contributed by atoms with Crippen molar-refractivity contribution in [2.75, 3.05) is 31.6 Å². The third kappa shape index (κ3) is 6.12. The normalized spacial score (nSPS) is 19.5. The minimum atomic E-state index is -0.374. The maximum Gasteiger partial charge on any atom is 0.338 e. The highest BCUT2D eigenvalue weighted by Gasteiger charge is 2.41.